The van der Waals surface area contributed by atoms with Gasteiger partial charge in [0.1, 0.15) is 11.8 Å². The Bertz CT molecular complexity index is 1070. The highest BCUT2D eigenvalue weighted by molar-refractivity contribution is 6.36. The molecule has 0 spiro atoms. The van der Waals surface area contributed by atoms with E-state index in [0.717, 1.165) is 7.05 Å². The Morgan fingerprint density at radius 2 is 2.03 bits per heavy atom. The van der Waals surface area contributed by atoms with E-state index in [2.05, 4.69) is 0 Å². The van der Waals surface area contributed by atoms with Gasteiger partial charge in [-0.15, -0.1) is 0 Å². The molecule has 31 heavy (non-hydrogen) atoms. The molecule has 3 rings (SSSR count). The topological polar surface area (TPSA) is 79.5 Å². The minimum atomic E-state index is -5.01. The van der Waals surface area contributed by atoms with E-state index in [9.17, 15) is 31.9 Å². The van der Waals surface area contributed by atoms with Crippen molar-refractivity contribution >= 4 is 29.2 Å². The third kappa shape index (κ3) is 4.44. The molecule has 170 valence electrons. The maximum Gasteiger partial charge on any atom is 0.431 e. The molecule has 13 heteroatoms. The van der Waals surface area contributed by atoms with Gasteiger partial charge in [-0.25, -0.2) is 18.5 Å². The molecule has 0 bridgehead atoms. The summed E-state index contributed by atoms with van der Waals surface area (Å²) in [6, 6.07) is 0.114. The van der Waals surface area contributed by atoms with E-state index in [1.165, 1.54) is 0 Å². The van der Waals surface area contributed by atoms with Crippen molar-refractivity contribution in [3.63, 3.8) is 0 Å². The molecular formula is C18H16Cl2F4N2O5. The first kappa shape index (κ1) is 23.6. The van der Waals surface area contributed by atoms with Crippen LogP contribution in [0.25, 0.3) is 0 Å². The molecule has 1 aliphatic carbocycles. The number of rotatable bonds is 3. The molecule has 1 fully saturated rings. The van der Waals surface area contributed by atoms with Crippen molar-refractivity contribution in [2.24, 2.45) is 7.05 Å². The highest BCUT2D eigenvalue weighted by atomic mass is 35.5. The SMILES string of the molecule is Cn1c(C(F)(F)F)cc(=O)n(C2(Cl)C=C(C(=O)OC3CCCOC3)C(Cl)=CC2F)c1=O. The molecule has 0 amide bonds. The normalized spacial score (nSPS) is 26.8. The number of esters is 1. The number of allylic oxidation sites excluding steroid dienone is 2. The molecule has 0 N–H and O–H groups in total. The number of aromatic nitrogens is 2. The number of nitrogens with zero attached hydrogens (tertiary/aromatic N) is 2. The van der Waals surface area contributed by atoms with Gasteiger partial charge in [0, 0.05) is 19.7 Å². The number of carbonyl (C=O) groups excluding carboxylic acids is 1. The summed E-state index contributed by atoms with van der Waals surface area (Å²) in [6.07, 6.45) is -5.40. The number of carbonyl (C=O) groups is 1. The monoisotopic (exact) mass is 486 g/mol. The van der Waals surface area contributed by atoms with Crippen LogP contribution in [0, 0.1) is 0 Å². The highest BCUT2D eigenvalue weighted by Crippen LogP contribution is 2.39. The lowest BCUT2D eigenvalue weighted by molar-refractivity contribution is -0.150. The van der Waals surface area contributed by atoms with Crippen LogP contribution in [0.1, 0.15) is 18.5 Å². The average Bonchev–Trinajstić information content (AvgIpc) is 2.67. The fraction of sp³-hybridized carbons (Fsp3) is 0.500. The van der Waals surface area contributed by atoms with Crippen molar-refractivity contribution in [2.45, 2.75) is 36.3 Å². The molecule has 3 unspecified atom stereocenters. The van der Waals surface area contributed by atoms with Gasteiger partial charge in [0.25, 0.3) is 5.56 Å². The maximum absolute atomic E-state index is 14.9. The van der Waals surface area contributed by atoms with Gasteiger partial charge >= 0.3 is 17.8 Å². The smallest absolute Gasteiger partial charge is 0.431 e. The first-order chi connectivity index (χ1) is 14.4. The van der Waals surface area contributed by atoms with Crippen LogP contribution >= 0.6 is 23.2 Å². The van der Waals surface area contributed by atoms with Crippen molar-refractivity contribution < 1.29 is 31.8 Å². The number of ether oxygens (including phenoxy) is 2. The van der Waals surface area contributed by atoms with Crippen molar-refractivity contribution in [3.8, 4) is 0 Å². The van der Waals surface area contributed by atoms with Crippen LogP contribution in [-0.2, 0) is 32.5 Å². The quantitative estimate of drug-likeness (QED) is 0.372. The standard InChI is InChI=1S/C18H16Cl2F4N2O5/c1-25-13(18(22,23)24)6-14(27)26(16(25)29)17(20)7-10(11(19)5-12(17)21)15(28)31-9-3-2-4-30-8-9/h5-7,9,12H,2-4,8H2,1H3. The summed E-state index contributed by atoms with van der Waals surface area (Å²) in [5.74, 6) is -1.01. The van der Waals surface area contributed by atoms with Gasteiger partial charge in [-0.3, -0.25) is 9.36 Å². The summed E-state index contributed by atoms with van der Waals surface area (Å²) < 4.78 is 64.7. The van der Waals surface area contributed by atoms with Crippen LogP contribution in [0.3, 0.4) is 0 Å². The predicted molar refractivity (Wildman–Crippen MR) is 102 cm³/mol. The molecule has 0 radical (unpaired) electrons. The molecular weight excluding hydrogens is 471 g/mol. The lowest BCUT2D eigenvalue weighted by Gasteiger charge is -2.32. The molecule has 0 aromatic carbocycles. The van der Waals surface area contributed by atoms with Crippen molar-refractivity contribution in [3.05, 3.63) is 55.4 Å². The molecule has 1 aliphatic heterocycles. The highest BCUT2D eigenvalue weighted by Gasteiger charge is 2.45. The number of hydrogen-bond donors (Lipinski definition) is 0. The Morgan fingerprint density at radius 1 is 1.35 bits per heavy atom. The summed E-state index contributed by atoms with van der Waals surface area (Å²) in [4.78, 5) is 34.8. The van der Waals surface area contributed by atoms with Crippen LogP contribution < -0.4 is 11.2 Å². The van der Waals surface area contributed by atoms with Crippen LogP contribution in [-0.4, -0.2) is 40.6 Å². The van der Waals surface area contributed by atoms with Gasteiger partial charge in [-0.2, -0.15) is 13.2 Å². The summed E-state index contributed by atoms with van der Waals surface area (Å²) in [6.45, 7) is 0.642. The van der Waals surface area contributed by atoms with Gasteiger partial charge < -0.3 is 9.47 Å². The minimum Gasteiger partial charge on any atom is -0.456 e. The van der Waals surface area contributed by atoms with Crippen molar-refractivity contribution in [1.29, 1.82) is 0 Å². The zero-order chi connectivity index (χ0) is 23.1. The van der Waals surface area contributed by atoms with E-state index in [4.69, 9.17) is 32.7 Å². The van der Waals surface area contributed by atoms with Crippen molar-refractivity contribution in [1.82, 2.24) is 9.13 Å². The first-order valence-corrected chi connectivity index (χ1v) is 9.75. The van der Waals surface area contributed by atoms with Gasteiger partial charge in [0.05, 0.1) is 17.2 Å². The van der Waals surface area contributed by atoms with Crippen LogP contribution in [0.5, 0.6) is 0 Å². The zero-order valence-electron chi connectivity index (χ0n) is 15.9. The van der Waals surface area contributed by atoms with E-state index in [0.29, 0.717) is 31.6 Å². The summed E-state index contributed by atoms with van der Waals surface area (Å²) in [5.41, 5.74) is -5.03. The lowest BCUT2D eigenvalue weighted by Crippen LogP contribution is -2.53. The summed E-state index contributed by atoms with van der Waals surface area (Å²) in [5, 5.41) is -0.387. The van der Waals surface area contributed by atoms with E-state index in [1.807, 2.05) is 0 Å². The summed E-state index contributed by atoms with van der Waals surface area (Å²) in [7, 11) is 0.752. The molecule has 1 aromatic rings. The minimum absolute atomic E-state index is 0.0886. The van der Waals surface area contributed by atoms with Crippen LogP contribution in [0.15, 0.2) is 38.4 Å². The second-order valence-electron chi connectivity index (χ2n) is 6.99. The van der Waals surface area contributed by atoms with E-state index in [-0.39, 0.29) is 26.8 Å². The first-order valence-electron chi connectivity index (χ1n) is 8.99. The van der Waals surface area contributed by atoms with E-state index >= 15 is 0 Å². The fourth-order valence-corrected chi connectivity index (χ4v) is 3.83. The van der Waals surface area contributed by atoms with E-state index in [1.54, 1.807) is 0 Å². The second-order valence-corrected chi connectivity index (χ2v) is 8.00. The Morgan fingerprint density at radius 3 is 2.61 bits per heavy atom. The number of alkyl halides is 5. The molecule has 1 aromatic heterocycles. The van der Waals surface area contributed by atoms with Crippen LogP contribution in [0.2, 0.25) is 0 Å². The Kier molecular flexibility index (Phi) is 6.41. The Labute approximate surface area is 182 Å². The van der Waals surface area contributed by atoms with Crippen LogP contribution in [0.4, 0.5) is 17.6 Å². The fourth-order valence-electron chi connectivity index (χ4n) is 3.26. The maximum atomic E-state index is 14.9. The van der Waals surface area contributed by atoms with Gasteiger partial charge in [0.2, 0.25) is 0 Å². The number of hydrogen-bond acceptors (Lipinski definition) is 5. The zero-order valence-corrected chi connectivity index (χ0v) is 17.4. The molecule has 2 aliphatic rings. The van der Waals surface area contributed by atoms with Gasteiger partial charge in [-0.1, -0.05) is 23.2 Å². The second kappa shape index (κ2) is 8.44. The Hall–Kier alpha value is -2.11. The lowest BCUT2D eigenvalue weighted by atomic mass is 9.99. The summed E-state index contributed by atoms with van der Waals surface area (Å²) >= 11 is 12.2. The Balaban J connectivity index is 2.07. The van der Waals surface area contributed by atoms with Crippen molar-refractivity contribution in [2.75, 3.05) is 13.2 Å². The third-order valence-corrected chi connectivity index (χ3v) is 5.67. The van der Waals surface area contributed by atoms with Gasteiger partial charge in [-0.05, 0) is 25.0 Å². The average molecular weight is 487 g/mol. The van der Waals surface area contributed by atoms with E-state index < -0.39 is 51.9 Å². The molecule has 1 saturated heterocycles. The molecule has 3 atom stereocenters. The van der Waals surface area contributed by atoms with Gasteiger partial charge in [0.15, 0.2) is 11.2 Å². The molecule has 2 heterocycles. The number of halogens is 6. The molecule has 7 nitrogen and oxygen atoms in total. The third-order valence-electron chi connectivity index (χ3n) is 4.85. The largest absolute Gasteiger partial charge is 0.456 e. The predicted octanol–water partition coefficient (Wildman–Crippen LogP) is 2.58. The molecule has 0 saturated carbocycles.